The molecule has 1 heterocycles. The van der Waals surface area contributed by atoms with Gasteiger partial charge in [-0.1, -0.05) is 6.07 Å². The van der Waals surface area contributed by atoms with E-state index in [4.69, 9.17) is 28.8 Å². The van der Waals surface area contributed by atoms with E-state index in [-0.39, 0.29) is 18.6 Å². The molecule has 0 aliphatic carbocycles. The van der Waals surface area contributed by atoms with Crippen LogP contribution in [0.3, 0.4) is 0 Å². The topological polar surface area (TPSA) is 83.5 Å². The Morgan fingerprint density at radius 1 is 0.919 bits per heavy atom. The van der Waals surface area contributed by atoms with Crippen LogP contribution in [-0.2, 0) is 22.4 Å². The number of rotatable bonds is 14. The second-order valence-corrected chi connectivity index (χ2v) is 9.75. The summed E-state index contributed by atoms with van der Waals surface area (Å²) >= 11 is 0. The average Bonchev–Trinajstić information content (AvgIpc) is 2.92. The van der Waals surface area contributed by atoms with Crippen LogP contribution in [0.2, 0.25) is 0 Å². The summed E-state index contributed by atoms with van der Waals surface area (Å²) in [4.78, 5) is 12.6. The molecule has 0 amide bonds. The number of fused-ring (bicyclic) bond motifs is 1. The van der Waals surface area contributed by atoms with Gasteiger partial charge in [-0.05, 0) is 54.7 Å². The number of benzene rings is 2. The number of unbranched alkanes of at least 4 members (excludes halogenated alkanes) is 2. The molecule has 8 nitrogen and oxygen atoms in total. The number of nitrogens with zero attached hydrogens (tertiary/aromatic N) is 1. The number of ether oxygens (including phenoxy) is 5. The van der Waals surface area contributed by atoms with Crippen LogP contribution in [-0.4, -0.2) is 77.3 Å². The van der Waals surface area contributed by atoms with Gasteiger partial charge in [0.25, 0.3) is 0 Å². The van der Waals surface area contributed by atoms with Crippen molar-refractivity contribution in [1.82, 2.24) is 0 Å². The molecule has 204 valence electrons. The Balaban J connectivity index is 1.87. The lowest BCUT2D eigenvalue weighted by molar-refractivity contribution is -0.940. The molecular formula is C29H42NO7+. The first kappa shape index (κ1) is 28.6. The van der Waals surface area contributed by atoms with Crippen molar-refractivity contribution in [1.29, 1.82) is 0 Å². The van der Waals surface area contributed by atoms with Gasteiger partial charge in [-0.25, -0.2) is 0 Å². The summed E-state index contributed by atoms with van der Waals surface area (Å²) in [7, 11) is 8.81. The maximum Gasteiger partial charge on any atom is 0.311 e. The van der Waals surface area contributed by atoms with Gasteiger partial charge in [0.05, 0.1) is 61.6 Å². The average molecular weight is 517 g/mol. The summed E-state index contributed by atoms with van der Waals surface area (Å²) in [5.41, 5.74) is 3.57. The van der Waals surface area contributed by atoms with Gasteiger partial charge in [-0.3, -0.25) is 4.79 Å². The number of quaternary nitrogens is 1. The normalized spacial score (nSPS) is 18.6. The molecular weight excluding hydrogens is 474 g/mol. The Morgan fingerprint density at radius 3 is 2.27 bits per heavy atom. The second kappa shape index (κ2) is 13.5. The van der Waals surface area contributed by atoms with Crippen LogP contribution in [0.15, 0.2) is 30.3 Å². The van der Waals surface area contributed by atoms with Crippen molar-refractivity contribution in [3.05, 3.63) is 47.0 Å². The number of aliphatic hydroxyl groups is 1. The standard InChI is InChI=1S/C29H42NO7/c1-30(14-12-29(32)37-16-8-6-7-15-31)13-11-22-19-27(35-4)28(36-5)20-23(22)24(30)17-21-9-10-25(33-2)26(18-21)34-3/h9-10,18-20,24,31H,6-8,11-17H2,1-5H3/q+1/t24-,30-/m1/s1. The van der Waals surface area contributed by atoms with Gasteiger partial charge in [0.15, 0.2) is 23.0 Å². The molecule has 37 heavy (non-hydrogen) atoms. The highest BCUT2D eigenvalue weighted by molar-refractivity contribution is 5.69. The Morgan fingerprint density at radius 2 is 1.59 bits per heavy atom. The Kier molecular flexibility index (Phi) is 10.5. The lowest BCUT2D eigenvalue weighted by Gasteiger charge is -2.46. The maximum absolute atomic E-state index is 12.6. The van der Waals surface area contributed by atoms with E-state index >= 15 is 0 Å². The molecule has 1 aliphatic heterocycles. The van der Waals surface area contributed by atoms with Crippen molar-refractivity contribution in [3.8, 4) is 23.0 Å². The smallest absolute Gasteiger partial charge is 0.311 e. The zero-order chi connectivity index (χ0) is 26.8. The SMILES string of the molecule is COc1ccc(C[C@@H]2c3cc(OC)c(OC)cc3CC[N@+]2(C)CCC(=O)OCCCCCO)cc1OC. The summed E-state index contributed by atoms with van der Waals surface area (Å²) < 4.78 is 28.4. The van der Waals surface area contributed by atoms with Gasteiger partial charge in [0.2, 0.25) is 0 Å². The summed E-state index contributed by atoms with van der Waals surface area (Å²) in [5, 5.41) is 8.91. The highest BCUT2D eigenvalue weighted by Crippen LogP contribution is 2.43. The van der Waals surface area contributed by atoms with Crippen molar-refractivity contribution in [3.63, 3.8) is 0 Å². The van der Waals surface area contributed by atoms with Gasteiger partial charge >= 0.3 is 5.97 Å². The minimum absolute atomic E-state index is 0.0963. The van der Waals surface area contributed by atoms with E-state index in [9.17, 15) is 4.79 Å². The van der Waals surface area contributed by atoms with Crippen molar-refractivity contribution in [2.24, 2.45) is 0 Å². The van der Waals surface area contributed by atoms with Gasteiger partial charge in [0, 0.05) is 25.0 Å². The fourth-order valence-corrected chi connectivity index (χ4v) is 5.16. The number of likely N-dealkylation sites (N-methyl/N-ethyl adjacent to an activating group) is 1. The number of esters is 1. The summed E-state index contributed by atoms with van der Waals surface area (Å²) in [6, 6.07) is 10.3. The molecule has 2 aromatic rings. The van der Waals surface area contributed by atoms with E-state index in [1.807, 2.05) is 12.1 Å². The van der Waals surface area contributed by atoms with Crippen molar-refractivity contribution < 1.29 is 38.1 Å². The Hall–Kier alpha value is -2.97. The molecule has 0 unspecified atom stereocenters. The molecule has 2 aromatic carbocycles. The third-order valence-corrected chi connectivity index (χ3v) is 7.42. The first-order chi connectivity index (χ1) is 17.9. The molecule has 1 N–H and O–H groups in total. The minimum Gasteiger partial charge on any atom is -0.493 e. The third kappa shape index (κ3) is 7.08. The summed E-state index contributed by atoms with van der Waals surface area (Å²) in [6.07, 6.45) is 4.35. The van der Waals surface area contributed by atoms with Crippen LogP contribution in [0.4, 0.5) is 0 Å². The number of hydrogen-bond acceptors (Lipinski definition) is 7. The third-order valence-electron chi connectivity index (χ3n) is 7.42. The molecule has 8 heteroatoms. The zero-order valence-electron chi connectivity index (χ0n) is 22.9. The number of hydrogen-bond donors (Lipinski definition) is 1. The monoisotopic (exact) mass is 516 g/mol. The molecule has 0 spiro atoms. The first-order valence-corrected chi connectivity index (χ1v) is 13.0. The zero-order valence-corrected chi connectivity index (χ0v) is 22.9. The van der Waals surface area contributed by atoms with Crippen molar-refractivity contribution >= 4 is 5.97 Å². The molecule has 0 radical (unpaired) electrons. The first-order valence-electron chi connectivity index (χ1n) is 13.0. The van der Waals surface area contributed by atoms with Gasteiger partial charge in [-0.15, -0.1) is 0 Å². The molecule has 0 saturated heterocycles. The second-order valence-electron chi connectivity index (χ2n) is 9.75. The van der Waals surface area contributed by atoms with E-state index in [2.05, 4.69) is 25.2 Å². The molecule has 1 aliphatic rings. The number of carbonyl (C=O) groups excluding carboxylic acids is 1. The summed E-state index contributed by atoms with van der Waals surface area (Å²) in [6.45, 7) is 2.13. The van der Waals surface area contributed by atoms with E-state index in [0.717, 1.165) is 50.0 Å². The van der Waals surface area contributed by atoms with Crippen LogP contribution in [0.5, 0.6) is 23.0 Å². The predicted octanol–water partition coefficient (Wildman–Crippen LogP) is 4.10. The van der Waals surface area contributed by atoms with Crippen LogP contribution in [0.1, 0.15) is 48.4 Å². The van der Waals surface area contributed by atoms with Crippen LogP contribution in [0, 0.1) is 0 Å². The Labute approximate surface area is 220 Å². The number of carbonyl (C=O) groups is 1. The largest absolute Gasteiger partial charge is 0.493 e. The van der Waals surface area contributed by atoms with Crippen LogP contribution < -0.4 is 18.9 Å². The fourth-order valence-electron chi connectivity index (χ4n) is 5.16. The van der Waals surface area contributed by atoms with Crippen LogP contribution >= 0.6 is 0 Å². The molecule has 2 atom stereocenters. The van der Waals surface area contributed by atoms with Crippen LogP contribution in [0.25, 0.3) is 0 Å². The van der Waals surface area contributed by atoms with Crippen molar-refractivity contribution in [2.45, 2.75) is 44.6 Å². The number of methoxy groups -OCH3 is 4. The molecule has 3 rings (SSSR count). The quantitative estimate of drug-likeness (QED) is 0.230. The maximum atomic E-state index is 12.6. The van der Waals surface area contributed by atoms with Gasteiger partial charge in [0.1, 0.15) is 6.04 Å². The lowest BCUT2D eigenvalue weighted by atomic mass is 9.86. The van der Waals surface area contributed by atoms with Crippen molar-refractivity contribution in [2.75, 3.05) is 61.8 Å². The molecule has 0 bridgehead atoms. The van der Waals surface area contributed by atoms with E-state index < -0.39 is 0 Å². The van der Waals surface area contributed by atoms with Gasteiger partial charge < -0.3 is 33.3 Å². The highest BCUT2D eigenvalue weighted by atomic mass is 16.5. The Bertz CT molecular complexity index is 1040. The predicted molar refractivity (Wildman–Crippen MR) is 142 cm³/mol. The van der Waals surface area contributed by atoms with Gasteiger partial charge in [-0.2, -0.15) is 0 Å². The lowest BCUT2D eigenvalue weighted by Crippen LogP contribution is -2.53. The molecule has 0 saturated carbocycles. The van der Waals surface area contributed by atoms with E-state index in [1.165, 1.54) is 11.1 Å². The summed E-state index contributed by atoms with van der Waals surface area (Å²) in [5.74, 6) is 2.65. The highest BCUT2D eigenvalue weighted by Gasteiger charge is 2.40. The fraction of sp³-hybridized carbons (Fsp3) is 0.552. The molecule has 0 aromatic heterocycles. The van der Waals surface area contributed by atoms with E-state index in [1.54, 1.807) is 28.4 Å². The number of aliphatic hydroxyl groups excluding tert-OH is 1. The minimum atomic E-state index is -0.175. The molecule has 0 fully saturated rings. The van der Waals surface area contributed by atoms with E-state index in [0.29, 0.717) is 41.3 Å².